The Bertz CT molecular complexity index is 1070. The van der Waals surface area contributed by atoms with Crippen molar-refractivity contribution in [2.45, 2.75) is 39.0 Å². The maximum atomic E-state index is 11.4. The lowest BCUT2D eigenvalue weighted by molar-refractivity contribution is -0.125. The zero-order valence-electron chi connectivity index (χ0n) is 16.9. The molecule has 3 aromatic carbocycles. The summed E-state index contributed by atoms with van der Waals surface area (Å²) in [6.07, 6.45) is 4.94. The van der Waals surface area contributed by atoms with Crippen LogP contribution in [0.4, 0.5) is 0 Å². The molecule has 0 saturated heterocycles. The molecular formula is C27H26O2. The van der Waals surface area contributed by atoms with E-state index >= 15 is 0 Å². The largest absolute Gasteiger partial charge is 0.433 e. The molecule has 146 valence electrons. The van der Waals surface area contributed by atoms with Crippen molar-refractivity contribution in [1.29, 1.82) is 0 Å². The second-order valence-electron chi connectivity index (χ2n) is 7.44. The molecule has 2 heteroatoms. The third-order valence-electron chi connectivity index (χ3n) is 5.75. The van der Waals surface area contributed by atoms with Gasteiger partial charge in [-0.15, -0.1) is 0 Å². The minimum atomic E-state index is 0.580. The van der Waals surface area contributed by atoms with Gasteiger partial charge in [0, 0.05) is 12.0 Å². The van der Waals surface area contributed by atoms with Crippen molar-refractivity contribution in [2.75, 3.05) is 0 Å². The van der Waals surface area contributed by atoms with Crippen LogP contribution in [0.5, 0.6) is 0 Å². The summed E-state index contributed by atoms with van der Waals surface area (Å²) >= 11 is 0. The molecule has 0 saturated carbocycles. The molecule has 0 unspecified atom stereocenters. The van der Waals surface area contributed by atoms with Gasteiger partial charge in [0.15, 0.2) is 0 Å². The Labute approximate surface area is 172 Å². The van der Waals surface area contributed by atoms with Gasteiger partial charge < -0.3 is 4.74 Å². The van der Waals surface area contributed by atoms with E-state index in [0.29, 0.717) is 6.47 Å². The molecule has 0 aliphatic heterocycles. The summed E-state index contributed by atoms with van der Waals surface area (Å²) in [7, 11) is 0. The predicted molar refractivity (Wildman–Crippen MR) is 120 cm³/mol. The van der Waals surface area contributed by atoms with Gasteiger partial charge in [0.2, 0.25) is 0 Å². The lowest BCUT2D eigenvalue weighted by Crippen LogP contribution is -2.06. The van der Waals surface area contributed by atoms with Crippen molar-refractivity contribution >= 4 is 28.4 Å². The third kappa shape index (κ3) is 3.88. The first kappa shape index (κ1) is 19.2. The van der Waals surface area contributed by atoms with Gasteiger partial charge in [-0.05, 0) is 53.2 Å². The molecule has 4 rings (SSSR count). The highest BCUT2D eigenvalue weighted by molar-refractivity contribution is 6.12. The molecule has 0 heterocycles. The number of allylic oxidation sites excluding steroid dienone is 4. The van der Waals surface area contributed by atoms with E-state index < -0.39 is 0 Å². The van der Waals surface area contributed by atoms with Crippen molar-refractivity contribution in [3.63, 3.8) is 0 Å². The molecule has 2 nitrogen and oxygen atoms in total. The van der Waals surface area contributed by atoms with Crippen LogP contribution in [0, 0.1) is 0 Å². The first-order valence-electron chi connectivity index (χ1n) is 10.4. The summed E-state index contributed by atoms with van der Waals surface area (Å²) in [5.41, 5.74) is 6.02. The number of ether oxygens (including phenoxy) is 1. The fourth-order valence-electron chi connectivity index (χ4n) is 4.40. The summed E-state index contributed by atoms with van der Waals surface area (Å²) in [6, 6.07) is 25.3. The quantitative estimate of drug-likeness (QED) is 0.438. The van der Waals surface area contributed by atoms with Gasteiger partial charge in [0.1, 0.15) is 5.76 Å². The molecule has 0 bridgehead atoms. The van der Waals surface area contributed by atoms with E-state index in [-0.39, 0.29) is 0 Å². The van der Waals surface area contributed by atoms with Gasteiger partial charge in [0.25, 0.3) is 6.47 Å². The van der Waals surface area contributed by atoms with E-state index in [4.69, 9.17) is 4.74 Å². The normalized spacial score (nSPS) is 20.2. The first-order valence-corrected chi connectivity index (χ1v) is 10.4. The molecule has 0 radical (unpaired) electrons. The van der Waals surface area contributed by atoms with Crippen LogP contribution >= 0.6 is 0 Å². The Hall–Kier alpha value is -3.13. The number of benzene rings is 3. The minimum Gasteiger partial charge on any atom is -0.433 e. The highest BCUT2D eigenvalue weighted by atomic mass is 16.5. The Morgan fingerprint density at radius 2 is 1.55 bits per heavy atom. The molecule has 0 fully saturated rings. The molecule has 0 aromatic heterocycles. The minimum absolute atomic E-state index is 0.580. The molecule has 1 aliphatic carbocycles. The second kappa shape index (κ2) is 8.91. The Morgan fingerprint density at radius 1 is 0.828 bits per heavy atom. The zero-order chi connectivity index (χ0) is 20.1. The average molecular weight is 383 g/mol. The lowest BCUT2D eigenvalue weighted by Gasteiger charge is -2.24. The van der Waals surface area contributed by atoms with Crippen LogP contribution in [-0.4, -0.2) is 6.47 Å². The number of hydrogen-bond acceptors (Lipinski definition) is 2. The van der Waals surface area contributed by atoms with Gasteiger partial charge in [-0.3, -0.25) is 4.79 Å². The van der Waals surface area contributed by atoms with Gasteiger partial charge >= 0.3 is 0 Å². The van der Waals surface area contributed by atoms with Crippen molar-refractivity contribution < 1.29 is 9.53 Å². The average Bonchev–Trinajstić information content (AvgIpc) is 2.76. The topological polar surface area (TPSA) is 26.3 Å². The van der Waals surface area contributed by atoms with E-state index in [9.17, 15) is 4.79 Å². The Kier molecular flexibility index (Phi) is 5.90. The maximum Gasteiger partial charge on any atom is 0.298 e. The van der Waals surface area contributed by atoms with Gasteiger partial charge in [-0.2, -0.15) is 0 Å². The van der Waals surface area contributed by atoms with Gasteiger partial charge in [0.05, 0.1) is 0 Å². The lowest BCUT2D eigenvalue weighted by atomic mass is 9.81. The van der Waals surface area contributed by atoms with E-state index in [1.54, 1.807) is 0 Å². The zero-order valence-corrected chi connectivity index (χ0v) is 16.9. The molecular weight excluding hydrogens is 356 g/mol. The van der Waals surface area contributed by atoms with Crippen LogP contribution in [0.1, 0.15) is 50.2 Å². The fraction of sp³-hybridized carbons (Fsp3) is 0.222. The Morgan fingerprint density at radius 3 is 2.34 bits per heavy atom. The maximum absolute atomic E-state index is 11.4. The molecule has 1 aliphatic rings. The SMILES string of the molecule is CC/C1=C(c2ccccc2)\C(c2cccc3ccccc23)=C(/OC=O)CCCC1. The molecule has 0 atom stereocenters. The van der Waals surface area contributed by atoms with Gasteiger partial charge in [-0.1, -0.05) is 85.3 Å². The van der Waals surface area contributed by atoms with Crippen molar-refractivity contribution in [1.82, 2.24) is 0 Å². The van der Waals surface area contributed by atoms with E-state index in [2.05, 4.69) is 73.7 Å². The standard InChI is InChI=1S/C27H26O2/c1-2-20-11-7-9-18-25(29-19-28)27(26(20)22-13-4-3-5-14-22)24-17-10-15-21-12-6-8-16-23(21)24/h3-6,8,10,12-17,19H,2,7,9,11,18H2,1H3/b26-20+,27-25-. The summed E-state index contributed by atoms with van der Waals surface area (Å²) in [5, 5.41) is 2.37. The third-order valence-corrected chi connectivity index (χ3v) is 5.75. The Balaban J connectivity index is 2.09. The van der Waals surface area contributed by atoms with E-state index in [1.807, 2.05) is 6.07 Å². The van der Waals surface area contributed by atoms with Gasteiger partial charge in [-0.25, -0.2) is 0 Å². The molecule has 0 spiro atoms. The van der Waals surface area contributed by atoms with Crippen LogP contribution in [0.2, 0.25) is 0 Å². The number of hydrogen-bond donors (Lipinski definition) is 0. The smallest absolute Gasteiger partial charge is 0.298 e. The first-order chi connectivity index (χ1) is 14.3. The predicted octanol–water partition coefficient (Wildman–Crippen LogP) is 7.16. The van der Waals surface area contributed by atoms with E-state index in [0.717, 1.165) is 49.0 Å². The van der Waals surface area contributed by atoms with Crippen molar-refractivity contribution in [2.24, 2.45) is 0 Å². The summed E-state index contributed by atoms with van der Waals surface area (Å²) < 4.78 is 5.64. The van der Waals surface area contributed by atoms with Crippen LogP contribution in [0.25, 0.3) is 21.9 Å². The highest BCUT2D eigenvalue weighted by Crippen LogP contribution is 2.43. The number of carbonyl (C=O) groups excluding carboxylic acids is 1. The molecule has 3 aromatic rings. The van der Waals surface area contributed by atoms with Crippen molar-refractivity contribution in [3.8, 4) is 0 Å². The number of fused-ring (bicyclic) bond motifs is 1. The second-order valence-corrected chi connectivity index (χ2v) is 7.44. The van der Waals surface area contributed by atoms with Crippen LogP contribution in [-0.2, 0) is 9.53 Å². The monoisotopic (exact) mass is 382 g/mol. The van der Waals surface area contributed by atoms with Crippen molar-refractivity contribution in [3.05, 3.63) is 95.3 Å². The highest BCUT2D eigenvalue weighted by Gasteiger charge is 2.23. The number of carbonyl (C=O) groups is 1. The summed E-state index contributed by atoms with van der Waals surface area (Å²) in [4.78, 5) is 11.4. The van der Waals surface area contributed by atoms with Crippen LogP contribution < -0.4 is 0 Å². The van der Waals surface area contributed by atoms with Crippen LogP contribution in [0.3, 0.4) is 0 Å². The molecule has 0 N–H and O–H groups in total. The molecule has 29 heavy (non-hydrogen) atoms. The summed E-state index contributed by atoms with van der Waals surface area (Å²) in [5.74, 6) is 0.779. The van der Waals surface area contributed by atoms with Crippen LogP contribution in [0.15, 0.2) is 84.1 Å². The summed E-state index contributed by atoms with van der Waals surface area (Å²) in [6.45, 7) is 2.80. The fourth-order valence-corrected chi connectivity index (χ4v) is 4.40. The molecule has 0 amide bonds. The van der Waals surface area contributed by atoms with E-state index in [1.165, 1.54) is 27.5 Å². The number of rotatable bonds is 5.